The first-order valence-electron chi connectivity index (χ1n) is 6.46. The van der Waals surface area contributed by atoms with Crippen molar-refractivity contribution in [3.05, 3.63) is 12.2 Å². The lowest BCUT2D eigenvalue weighted by atomic mass is 10.5. The van der Waals surface area contributed by atoms with Crippen LogP contribution in [0.2, 0.25) is 0 Å². The molecule has 2 heteroatoms. The Morgan fingerprint density at radius 2 is 1.31 bits per heavy atom. The summed E-state index contributed by atoms with van der Waals surface area (Å²) in [6.07, 6.45) is 4.67. The Kier molecular flexibility index (Phi) is 7.41. The van der Waals surface area contributed by atoms with Gasteiger partial charge in [-0.15, -0.1) is 0 Å². The number of likely N-dealkylation sites (N-methyl/N-ethyl adjacent to an activating group) is 1. The van der Waals surface area contributed by atoms with Crippen LogP contribution in [0.15, 0.2) is 12.2 Å². The Morgan fingerprint density at radius 1 is 0.875 bits per heavy atom. The molecule has 0 unspecified atom stereocenters. The largest absolute Gasteiger partial charge is 0.316 e. The topological polar surface area (TPSA) is 12.0 Å². The fourth-order valence-corrected chi connectivity index (χ4v) is 7.54. The molecule has 0 bridgehead atoms. The molecule has 0 fully saturated rings. The van der Waals surface area contributed by atoms with Gasteiger partial charge in [-0.1, -0.05) is 53.7 Å². The van der Waals surface area contributed by atoms with Gasteiger partial charge in [-0.25, -0.2) is 10.0 Å². The van der Waals surface area contributed by atoms with Gasteiger partial charge in [0.25, 0.3) is 0 Å². The molecule has 1 nitrogen and oxygen atoms in total. The Labute approximate surface area is 104 Å². The van der Waals surface area contributed by atoms with Crippen LogP contribution in [0.25, 0.3) is 0 Å². The highest BCUT2D eigenvalue weighted by Crippen LogP contribution is 2.60. The van der Waals surface area contributed by atoms with E-state index in [0.29, 0.717) is 0 Å². The fraction of sp³-hybridized carbons (Fsp3) is 0.857. The smallest absolute Gasteiger partial charge is 0.0132 e. The van der Waals surface area contributed by atoms with Crippen LogP contribution in [-0.2, 0) is 0 Å². The molecule has 98 valence electrons. The minimum absolute atomic E-state index is 0.541. The van der Waals surface area contributed by atoms with Gasteiger partial charge in [0.05, 0.1) is 0 Å². The van der Waals surface area contributed by atoms with Gasteiger partial charge in [-0.3, -0.25) is 0 Å². The molecule has 0 aromatic rings. The minimum atomic E-state index is -0.541. The zero-order valence-corrected chi connectivity index (χ0v) is 13.0. The lowest BCUT2D eigenvalue weighted by molar-refractivity contribution is 0.916. The maximum atomic E-state index is 3.16. The molecule has 16 heavy (non-hydrogen) atoms. The highest BCUT2D eigenvalue weighted by atomic mass is 32.3. The number of hydrogen-bond acceptors (Lipinski definition) is 1. The molecule has 0 spiro atoms. The summed E-state index contributed by atoms with van der Waals surface area (Å²) in [5, 5.41) is 5.60. The highest BCUT2D eigenvalue weighted by Gasteiger charge is 2.33. The van der Waals surface area contributed by atoms with E-state index >= 15 is 0 Å². The van der Waals surface area contributed by atoms with E-state index in [0.717, 1.165) is 22.3 Å². The Bertz CT molecular complexity index is 185. The summed E-state index contributed by atoms with van der Waals surface area (Å²) in [5.41, 5.74) is 0. The monoisotopic (exact) mass is 245 g/mol. The van der Waals surface area contributed by atoms with Crippen LogP contribution >= 0.6 is 10.0 Å². The van der Waals surface area contributed by atoms with Crippen LogP contribution in [-0.4, -0.2) is 35.1 Å². The zero-order valence-electron chi connectivity index (χ0n) is 12.2. The molecule has 0 heterocycles. The molecule has 0 aliphatic carbocycles. The maximum Gasteiger partial charge on any atom is 0.0132 e. The first-order valence-corrected chi connectivity index (χ1v) is 8.45. The maximum absolute atomic E-state index is 3.16. The molecule has 0 saturated carbocycles. The number of hydrogen-bond donors (Lipinski definition) is 1. The summed E-state index contributed by atoms with van der Waals surface area (Å²) >= 11 is 0. The van der Waals surface area contributed by atoms with Gasteiger partial charge >= 0.3 is 0 Å². The SMILES string of the molecule is CNC/C=C/CS(C(C)C)(C(C)C)C(C)C. The van der Waals surface area contributed by atoms with Crippen molar-refractivity contribution < 1.29 is 0 Å². The van der Waals surface area contributed by atoms with Crippen molar-refractivity contribution >= 4 is 10.0 Å². The molecule has 0 aliphatic rings. The average molecular weight is 245 g/mol. The van der Waals surface area contributed by atoms with Gasteiger partial charge < -0.3 is 5.32 Å². The third-order valence-electron chi connectivity index (χ3n) is 3.51. The van der Waals surface area contributed by atoms with Gasteiger partial charge in [0, 0.05) is 6.54 Å². The molecule has 0 aliphatic heterocycles. The van der Waals surface area contributed by atoms with Crippen LogP contribution in [0, 0.1) is 0 Å². The lowest BCUT2D eigenvalue weighted by Crippen LogP contribution is -2.30. The summed E-state index contributed by atoms with van der Waals surface area (Å²) in [6, 6.07) is 0. The van der Waals surface area contributed by atoms with Crippen LogP contribution in [0.1, 0.15) is 41.5 Å². The van der Waals surface area contributed by atoms with Gasteiger partial charge in [0.2, 0.25) is 0 Å². The first kappa shape index (κ1) is 16.1. The lowest BCUT2D eigenvalue weighted by Gasteiger charge is -2.51. The molecule has 0 saturated heterocycles. The predicted molar refractivity (Wildman–Crippen MR) is 80.9 cm³/mol. The predicted octanol–water partition coefficient (Wildman–Crippen LogP) is 3.79. The van der Waals surface area contributed by atoms with Crippen molar-refractivity contribution in [2.45, 2.75) is 57.3 Å². The van der Waals surface area contributed by atoms with E-state index in [1.165, 1.54) is 5.75 Å². The fourth-order valence-electron chi connectivity index (χ4n) is 2.65. The first-order chi connectivity index (χ1) is 7.39. The van der Waals surface area contributed by atoms with Gasteiger partial charge in [-0.2, -0.15) is 0 Å². The molecule has 0 aromatic heterocycles. The van der Waals surface area contributed by atoms with Crippen LogP contribution in [0.5, 0.6) is 0 Å². The highest BCUT2D eigenvalue weighted by molar-refractivity contribution is 8.35. The summed E-state index contributed by atoms with van der Waals surface area (Å²) in [4.78, 5) is 0. The van der Waals surface area contributed by atoms with Crippen molar-refractivity contribution in [2.24, 2.45) is 0 Å². The van der Waals surface area contributed by atoms with E-state index in [4.69, 9.17) is 0 Å². The van der Waals surface area contributed by atoms with E-state index in [1.807, 2.05) is 7.05 Å². The second-order valence-electron chi connectivity index (χ2n) is 5.25. The Hall–Kier alpha value is 0.0500. The Balaban J connectivity index is 4.77. The van der Waals surface area contributed by atoms with Gasteiger partial charge in [-0.05, 0) is 28.6 Å². The summed E-state index contributed by atoms with van der Waals surface area (Å²) in [7, 11) is 1.46. The Morgan fingerprint density at radius 3 is 1.62 bits per heavy atom. The van der Waals surface area contributed by atoms with Crippen molar-refractivity contribution in [1.29, 1.82) is 0 Å². The van der Waals surface area contributed by atoms with E-state index in [9.17, 15) is 0 Å². The molecule has 1 N–H and O–H groups in total. The van der Waals surface area contributed by atoms with Crippen LogP contribution in [0.3, 0.4) is 0 Å². The molecule has 0 atom stereocenters. The van der Waals surface area contributed by atoms with Gasteiger partial charge in [0.1, 0.15) is 0 Å². The minimum Gasteiger partial charge on any atom is -0.316 e. The molecule has 0 aromatic carbocycles. The van der Waals surface area contributed by atoms with Crippen LogP contribution in [0.4, 0.5) is 0 Å². The summed E-state index contributed by atoms with van der Waals surface area (Å²) in [5.74, 6) is 1.28. The normalized spacial score (nSPS) is 14.6. The second kappa shape index (κ2) is 7.39. The van der Waals surface area contributed by atoms with Crippen molar-refractivity contribution in [1.82, 2.24) is 5.32 Å². The standard InChI is InChI=1S/C14H31NS/c1-12(2)16(13(3)4,14(5)6)11-9-8-10-15-7/h8-9,12-15H,10-11H2,1-7H3/b9-8+. The van der Waals surface area contributed by atoms with E-state index in [-0.39, 0.29) is 0 Å². The van der Waals surface area contributed by atoms with E-state index in [1.54, 1.807) is 0 Å². The third kappa shape index (κ3) is 3.81. The van der Waals surface area contributed by atoms with Gasteiger partial charge in [0.15, 0.2) is 0 Å². The molecule has 0 radical (unpaired) electrons. The summed E-state index contributed by atoms with van der Waals surface area (Å²) < 4.78 is 0. The number of nitrogens with one attached hydrogen (secondary N) is 1. The third-order valence-corrected chi connectivity index (χ3v) is 9.54. The van der Waals surface area contributed by atoms with Crippen molar-refractivity contribution in [2.75, 3.05) is 19.3 Å². The summed E-state index contributed by atoms with van der Waals surface area (Å²) in [6.45, 7) is 15.4. The van der Waals surface area contributed by atoms with Crippen molar-refractivity contribution in [3.8, 4) is 0 Å². The van der Waals surface area contributed by atoms with E-state index < -0.39 is 10.0 Å². The molecular weight excluding hydrogens is 214 g/mol. The average Bonchev–Trinajstić information content (AvgIpc) is 2.16. The quantitative estimate of drug-likeness (QED) is 0.673. The molecule has 0 rings (SSSR count). The number of rotatable bonds is 7. The molecule has 0 amide bonds. The van der Waals surface area contributed by atoms with Crippen molar-refractivity contribution in [3.63, 3.8) is 0 Å². The molecular formula is C14H31NS. The van der Waals surface area contributed by atoms with Crippen LogP contribution < -0.4 is 5.32 Å². The van der Waals surface area contributed by atoms with E-state index in [2.05, 4.69) is 59.0 Å². The second-order valence-corrected chi connectivity index (χ2v) is 10.2. The zero-order chi connectivity index (χ0) is 12.8.